The number of nitrogens with one attached hydrogen (secondary N) is 1. The number of hydrogen-bond donors (Lipinski definition) is 1. The van der Waals surface area contributed by atoms with E-state index in [4.69, 9.17) is 0 Å². The van der Waals surface area contributed by atoms with E-state index < -0.39 is 0 Å². The standard InChI is InChI=1S/C22H28N4O2S/c27-21(25-13-11-24(12-14-25)19-7-2-1-3-8-19)18-6-4-10-26(17-18)22(28)23-16-20-9-5-15-29-20/h1-3,5,7-9,15,18H,4,6,10-14,16-17H2,(H,23,28). The Morgan fingerprint density at radius 1 is 0.966 bits per heavy atom. The van der Waals surface area contributed by atoms with Gasteiger partial charge in [-0.25, -0.2) is 4.79 Å². The van der Waals surface area contributed by atoms with E-state index in [1.165, 1.54) is 5.69 Å². The second-order valence-corrected chi connectivity index (χ2v) is 8.70. The molecule has 0 radical (unpaired) electrons. The van der Waals surface area contributed by atoms with Crippen LogP contribution in [0.3, 0.4) is 0 Å². The molecule has 3 amide bonds. The SMILES string of the molecule is O=C(NCc1cccs1)N1CCCC(C(=O)N2CCN(c3ccccc3)CC2)C1. The second kappa shape index (κ2) is 9.31. The molecule has 1 aromatic carbocycles. The first-order chi connectivity index (χ1) is 14.2. The van der Waals surface area contributed by atoms with E-state index in [1.54, 1.807) is 16.2 Å². The lowest BCUT2D eigenvalue weighted by Crippen LogP contribution is -2.54. The molecule has 2 aliphatic rings. The van der Waals surface area contributed by atoms with Gasteiger partial charge in [-0.05, 0) is 36.4 Å². The molecular weight excluding hydrogens is 384 g/mol. The Balaban J connectivity index is 1.27. The van der Waals surface area contributed by atoms with Crippen molar-refractivity contribution >= 4 is 29.0 Å². The van der Waals surface area contributed by atoms with Crippen molar-refractivity contribution in [2.75, 3.05) is 44.2 Å². The van der Waals surface area contributed by atoms with Gasteiger partial charge in [0.05, 0.1) is 12.5 Å². The normalized spacial score (nSPS) is 19.9. The molecule has 154 valence electrons. The lowest BCUT2D eigenvalue weighted by atomic mass is 9.96. The fraction of sp³-hybridized carbons (Fsp3) is 0.455. The molecule has 0 spiro atoms. The summed E-state index contributed by atoms with van der Waals surface area (Å²) >= 11 is 1.64. The third-order valence-corrected chi connectivity index (χ3v) is 6.64. The zero-order chi connectivity index (χ0) is 20.1. The highest BCUT2D eigenvalue weighted by Crippen LogP contribution is 2.22. The molecule has 2 fully saturated rings. The number of thiophene rings is 1. The molecule has 3 heterocycles. The van der Waals surface area contributed by atoms with Crippen molar-refractivity contribution in [2.24, 2.45) is 5.92 Å². The van der Waals surface area contributed by atoms with Crippen molar-refractivity contribution < 1.29 is 9.59 Å². The van der Waals surface area contributed by atoms with Crippen molar-refractivity contribution in [2.45, 2.75) is 19.4 Å². The minimum absolute atomic E-state index is 0.0650. The third-order valence-electron chi connectivity index (χ3n) is 5.76. The lowest BCUT2D eigenvalue weighted by molar-refractivity contribution is -0.137. The van der Waals surface area contributed by atoms with Crippen LogP contribution in [0.15, 0.2) is 47.8 Å². The maximum atomic E-state index is 13.1. The molecule has 29 heavy (non-hydrogen) atoms. The summed E-state index contributed by atoms with van der Waals surface area (Å²) in [5.41, 5.74) is 1.21. The molecule has 0 saturated carbocycles. The van der Waals surface area contributed by atoms with Crippen molar-refractivity contribution in [1.82, 2.24) is 15.1 Å². The highest BCUT2D eigenvalue weighted by Gasteiger charge is 2.32. The van der Waals surface area contributed by atoms with Crippen LogP contribution < -0.4 is 10.2 Å². The quantitative estimate of drug-likeness (QED) is 0.840. The van der Waals surface area contributed by atoms with Gasteiger partial charge in [0, 0.05) is 49.8 Å². The first kappa shape index (κ1) is 19.8. The molecule has 0 aliphatic carbocycles. The fourth-order valence-electron chi connectivity index (χ4n) is 4.13. The van der Waals surface area contributed by atoms with E-state index in [0.717, 1.165) is 50.4 Å². The zero-order valence-electron chi connectivity index (χ0n) is 16.6. The molecule has 6 nitrogen and oxygen atoms in total. The van der Waals surface area contributed by atoms with Crippen molar-refractivity contribution in [1.29, 1.82) is 0 Å². The smallest absolute Gasteiger partial charge is 0.317 e. The van der Waals surface area contributed by atoms with Gasteiger partial charge in [-0.3, -0.25) is 4.79 Å². The van der Waals surface area contributed by atoms with E-state index in [2.05, 4.69) is 22.3 Å². The summed E-state index contributed by atoms with van der Waals surface area (Å²) in [4.78, 5) is 32.8. The summed E-state index contributed by atoms with van der Waals surface area (Å²) < 4.78 is 0. The van der Waals surface area contributed by atoms with Gasteiger partial charge in [0.1, 0.15) is 0 Å². The topological polar surface area (TPSA) is 55.9 Å². The molecule has 2 saturated heterocycles. The minimum atomic E-state index is -0.0838. The van der Waals surface area contributed by atoms with Crippen LogP contribution in [0.2, 0.25) is 0 Å². The van der Waals surface area contributed by atoms with E-state index in [0.29, 0.717) is 13.1 Å². The molecular formula is C22H28N4O2S. The number of nitrogens with zero attached hydrogens (tertiary/aromatic N) is 3. The van der Waals surface area contributed by atoms with Gasteiger partial charge in [0.25, 0.3) is 0 Å². The third kappa shape index (κ3) is 4.90. The summed E-state index contributed by atoms with van der Waals surface area (Å²) in [6.45, 7) is 4.99. The summed E-state index contributed by atoms with van der Waals surface area (Å²) in [5, 5.41) is 4.99. The number of likely N-dealkylation sites (tertiary alicyclic amines) is 1. The zero-order valence-corrected chi connectivity index (χ0v) is 17.4. The molecule has 4 rings (SSSR count). The number of benzene rings is 1. The van der Waals surface area contributed by atoms with Crippen LogP contribution in [0.25, 0.3) is 0 Å². The molecule has 2 aliphatic heterocycles. The highest BCUT2D eigenvalue weighted by atomic mass is 32.1. The lowest BCUT2D eigenvalue weighted by Gasteiger charge is -2.39. The van der Waals surface area contributed by atoms with Crippen LogP contribution in [-0.2, 0) is 11.3 Å². The summed E-state index contributed by atoms with van der Waals surface area (Å²) in [5.74, 6) is 0.119. The Hall–Kier alpha value is -2.54. The average Bonchev–Trinajstić information content (AvgIpc) is 3.31. The molecule has 7 heteroatoms. The number of piperidine rings is 1. The predicted molar refractivity (Wildman–Crippen MR) is 116 cm³/mol. The Morgan fingerprint density at radius 3 is 2.48 bits per heavy atom. The number of hydrogen-bond acceptors (Lipinski definition) is 4. The van der Waals surface area contributed by atoms with Gasteiger partial charge in [-0.15, -0.1) is 11.3 Å². The summed E-state index contributed by atoms with van der Waals surface area (Å²) in [7, 11) is 0. The maximum absolute atomic E-state index is 13.1. The Kier molecular flexibility index (Phi) is 6.34. The van der Waals surface area contributed by atoms with Gasteiger partial charge >= 0.3 is 6.03 Å². The number of carbonyl (C=O) groups excluding carboxylic acids is 2. The largest absolute Gasteiger partial charge is 0.368 e. The Labute approximate surface area is 176 Å². The van der Waals surface area contributed by atoms with Crippen molar-refractivity contribution in [3.05, 3.63) is 52.7 Å². The van der Waals surface area contributed by atoms with Crippen molar-refractivity contribution in [3.63, 3.8) is 0 Å². The minimum Gasteiger partial charge on any atom is -0.368 e. The Morgan fingerprint density at radius 2 is 1.76 bits per heavy atom. The molecule has 0 bridgehead atoms. The van der Waals surface area contributed by atoms with E-state index in [9.17, 15) is 9.59 Å². The fourth-order valence-corrected chi connectivity index (χ4v) is 4.78. The monoisotopic (exact) mass is 412 g/mol. The number of piperazine rings is 1. The van der Waals surface area contributed by atoms with Crippen LogP contribution in [0.1, 0.15) is 17.7 Å². The molecule has 1 N–H and O–H groups in total. The van der Waals surface area contributed by atoms with Crippen LogP contribution in [0.5, 0.6) is 0 Å². The van der Waals surface area contributed by atoms with Crippen LogP contribution in [0, 0.1) is 5.92 Å². The Bertz CT molecular complexity index is 803. The molecule has 1 aromatic heterocycles. The van der Waals surface area contributed by atoms with Gasteiger partial charge in [-0.2, -0.15) is 0 Å². The number of amides is 3. The van der Waals surface area contributed by atoms with Crippen LogP contribution in [0.4, 0.5) is 10.5 Å². The molecule has 2 aromatic rings. The van der Waals surface area contributed by atoms with Gasteiger partial charge in [-0.1, -0.05) is 24.3 Å². The van der Waals surface area contributed by atoms with E-state index in [-0.39, 0.29) is 17.9 Å². The van der Waals surface area contributed by atoms with E-state index in [1.807, 2.05) is 40.6 Å². The van der Waals surface area contributed by atoms with Crippen LogP contribution in [-0.4, -0.2) is 61.0 Å². The number of para-hydroxylation sites is 1. The van der Waals surface area contributed by atoms with Gasteiger partial charge in [0.2, 0.25) is 5.91 Å². The number of carbonyl (C=O) groups is 2. The van der Waals surface area contributed by atoms with Gasteiger partial charge < -0.3 is 20.0 Å². The second-order valence-electron chi connectivity index (χ2n) is 7.67. The number of urea groups is 1. The summed E-state index contributed by atoms with van der Waals surface area (Å²) in [6.07, 6.45) is 1.75. The van der Waals surface area contributed by atoms with Crippen molar-refractivity contribution in [3.8, 4) is 0 Å². The van der Waals surface area contributed by atoms with Gasteiger partial charge in [0.15, 0.2) is 0 Å². The first-order valence-electron chi connectivity index (χ1n) is 10.3. The molecule has 1 unspecified atom stereocenters. The van der Waals surface area contributed by atoms with E-state index >= 15 is 0 Å². The predicted octanol–water partition coefficient (Wildman–Crippen LogP) is 3.02. The van der Waals surface area contributed by atoms with Crippen LogP contribution >= 0.6 is 11.3 Å². The highest BCUT2D eigenvalue weighted by molar-refractivity contribution is 7.09. The number of anilines is 1. The summed E-state index contributed by atoms with van der Waals surface area (Å²) in [6, 6.07) is 14.3. The first-order valence-corrected chi connectivity index (χ1v) is 11.2. The number of rotatable bonds is 4. The maximum Gasteiger partial charge on any atom is 0.317 e. The average molecular weight is 413 g/mol. The molecule has 1 atom stereocenters.